The molecule has 0 saturated carbocycles. The van der Waals surface area contributed by atoms with Crippen LogP contribution in [0.25, 0.3) is 0 Å². The minimum absolute atomic E-state index is 0.0462. The minimum atomic E-state index is -0.588. The lowest BCUT2D eigenvalue weighted by atomic mass is 10.2. The van der Waals surface area contributed by atoms with Gasteiger partial charge in [0.2, 0.25) is 5.91 Å². The van der Waals surface area contributed by atoms with Gasteiger partial charge in [-0.15, -0.1) is 6.58 Å². The first-order valence-electron chi connectivity index (χ1n) is 5.97. The molecule has 0 heterocycles. The second-order valence-corrected chi connectivity index (χ2v) is 4.28. The summed E-state index contributed by atoms with van der Waals surface area (Å²) >= 11 is 0. The lowest BCUT2D eigenvalue weighted by Crippen LogP contribution is -2.35. The van der Waals surface area contributed by atoms with E-state index < -0.39 is 6.04 Å². The summed E-state index contributed by atoms with van der Waals surface area (Å²) in [5.74, 6) is 0.404. The zero-order valence-corrected chi connectivity index (χ0v) is 10.8. The van der Waals surface area contributed by atoms with Gasteiger partial charge in [-0.05, 0) is 32.4 Å². The van der Waals surface area contributed by atoms with Gasteiger partial charge in [-0.2, -0.15) is 0 Å². The van der Waals surface area contributed by atoms with Gasteiger partial charge in [-0.1, -0.05) is 18.2 Å². The number of para-hydroxylation sites is 2. The molecule has 0 saturated heterocycles. The molecule has 0 radical (unpaired) electrons. The standard InChI is InChI=1S/C14H20N2O2/c1-4-7-11(15)14(17)16-12-8-5-6-9-13(12)18-10(2)3/h4-6,8-11H,1,7,15H2,2-3H3,(H,16,17). The van der Waals surface area contributed by atoms with Crippen LogP contribution in [-0.4, -0.2) is 18.1 Å². The molecule has 0 bridgehead atoms. The number of benzene rings is 1. The van der Waals surface area contributed by atoms with Crippen molar-refractivity contribution in [3.63, 3.8) is 0 Å². The molecule has 0 aliphatic carbocycles. The topological polar surface area (TPSA) is 64.4 Å². The summed E-state index contributed by atoms with van der Waals surface area (Å²) in [4.78, 5) is 11.8. The number of ether oxygens (including phenoxy) is 1. The van der Waals surface area contributed by atoms with Crippen molar-refractivity contribution in [3.8, 4) is 5.75 Å². The van der Waals surface area contributed by atoms with Crippen LogP contribution in [0.2, 0.25) is 0 Å². The molecule has 1 atom stereocenters. The van der Waals surface area contributed by atoms with Gasteiger partial charge in [-0.25, -0.2) is 0 Å². The molecule has 0 aliphatic rings. The molecule has 1 unspecified atom stereocenters. The predicted octanol–water partition coefficient (Wildman–Crippen LogP) is 2.32. The molecule has 4 nitrogen and oxygen atoms in total. The van der Waals surface area contributed by atoms with E-state index in [1.165, 1.54) is 0 Å². The van der Waals surface area contributed by atoms with Crippen molar-refractivity contribution < 1.29 is 9.53 Å². The van der Waals surface area contributed by atoms with Crippen LogP contribution in [0.3, 0.4) is 0 Å². The summed E-state index contributed by atoms with van der Waals surface area (Å²) < 4.78 is 5.61. The molecule has 0 spiro atoms. The maximum Gasteiger partial charge on any atom is 0.241 e. The van der Waals surface area contributed by atoms with E-state index in [0.29, 0.717) is 17.9 Å². The number of carbonyl (C=O) groups is 1. The minimum Gasteiger partial charge on any atom is -0.489 e. The fourth-order valence-electron chi connectivity index (χ4n) is 1.44. The van der Waals surface area contributed by atoms with Crippen LogP contribution >= 0.6 is 0 Å². The molecule has 18 heavy (non-hydrogen) atoms. The van der Waals surface area contributed by atoms with E-state index in [9.17, 15) is 4.79 Å². The summed E-state index contributed by atoms with van der Waals surface area (Å²) in [6.07, 6.45) is 2.12. The van der Waals surface area contributed by atoms with E-state index in [1.807, 2.05) is 32.0 Å². The lowest BCUT2D eigenvalue weighted by molar-refractivity contribution is -0.117. The van der Waals surface area contributed by atoms with E-state index in [-0.39, 0.29) is 12.0 Å². The van der Waals surface area contributed by atoms with Gasteiger partial charge >= 0.3 is 0 Å². The van der Waals surface area contributed by atoms with Crippen LogP contribution in [-0.2, 0) is 4.79 Å². The molecule has 98 valence electrons. The Labute approximate surface area is 108 Å². The molecule has 0 aromatic heterocycles. The van der Waals surface area contributed by atoms with Crippen molar-refractivity contribution >= 4 is 11.6 Å². The van der Waals surface area contributed by atoms with Crippen LogP contribution < -0.4 is 15.8 Å². The Hall–Kier alpha value is -1.81. The van der Waals surface area contributed by atoms with Crippen molar-refractivity contribution in [2.45, 2.75) is 32.4 Å². The molecule has 1 aromatic carbocycles. The van der Waals surface area contributed by atoms with Gasteiger partial charge in [0.1, 0.15) is 5.75 Å². The zero-order valence-electron chi connectivity index (χ0n) is 10.8. The third kappa shape index (κ3) is 4.22. The fourth-order valence-corrected chi connectivity index (χ4v) is 1.44. The molecule has 1 amide bonds. The monoisotopic (exact) mass is 248 g/mol. The average Bonchev–Trinajstić information content (AvgIpc) is 2.31. The zero-order chi connectivity index (χ0) is 13.5. The van der Waals surface area contributed by atoms with E-state index in [2.05, 4.69) is 11.9 Å². The van der Waals surface area contributed by atoms with Gasteiger partial charge in [0.05, 0.1) is 17.8 Å². The Morgan fingerprint density at radius 2 is 2.17 bits per heavy atom. The van der Waals surface area contributed by atoms with E-state index in [0.717, 1.165) is 0 Å². The van der Waals surface area contributed by atoms with E-state index in [4.69, 9.17) is 10.5 Å². The molecule has 3 N–H and O–H groups in total. The third-order valence-corrected chi connectivity index (χ3v) is 2.26. The summed E-state index contributed by atoms with van der Waals surface area (Å²) in [6, 6.07) is 6.71. The first-order valence-corrected chi connectivity index (χ1v) is 5.97. The fraction of sp³-hybridized carbons (Fsp3) is 0.357. The first-order chi connectivity index (χ1) is 8.54. The Kier molecular flexibility index (Phi) is 5.39. The summed E-state index contributed by atoms with van der Waals surface area (Å²) in [6.45, 7) is 7.43. The predicted molar refractivity (Wildman–Crippen MR) is 73.6 cm³/mol. The number of hydrogen-bond donors (Lipinski definition) is 2. The largest absolute Gasteiger partial charge is 0.489 e. The van der Waals surface area contributed by atoms with Crippen molar-refractivity contribution in [2.24, 2.45) is 5.73 Å². The van der Waals surface area contributed by atoms with Crippen LogP contribution in [0.15, 0.2) is 36.9 Å². The number of nitrogens with two attached hydrogens (primary N) is 1. The second-order valence-electron chi connectivity index (χ2n) is 4.28. The van der Waals surface area contributed by atoms with Crippen LogP contribution in [0.4, 0.5) is 5.69 Å². The normalized spacial score (nSPS) is 12.0. The highest BCUT2D eigenvalue weighted by atomic mass is 16.5. The molecular formula is C14H20N2O2. The SMILES string of the molecule is C=CCC(N)C(=O)Nc1ccccc1OC(C)C. The summed E-state index contributed by atoms with van der Waals surface area (Å²) in [5.41, 5.74) is 6.34. The maximum atomic E-state index is 11.8. The van der Waals surface area contributed by atoms with Gasteiger partial charge in [0, 0.05) is 0 Å². The smallest absolute Gasteiger partial charge is 0.241 e. The number of hydrogen-bond acceptors (Lipinski definition) is 3. The lowest BCUT2D eigenvalue weighted by Gasteiger charge is -2.16. The molecule has 0 fully saturated rings. The van der Waals surface area contributed by atoms with Crippen molar-refractivity contribution in [2.75, 3.05) is 5.32 Å². The first kappa shape index (κ1) is 14.3. The van der Waals surface area contributed by atoms with Crippen molar-refractivity contribution in [1.29, 1.82) is 0 Å². The molecular weight excluding hydrogens is 228 g/mol. The Balaban J connectivity index is 2.77. The molecule has 0 aliphatic heterocycles. The number of carbonyl (C=O) groups excluding carboxylic acids is 1. The molecule has 1 rings (SSSR count). The van der Waals surface area contributed by atoms with Gasteiger partial charge < -0.3 is 15.8 Å². The highest BCUT2D eigenvalue weighted by Gasteiger charge is 2.14. The average molecular weight is 248 g/mol. The van der Waals surface area contributed by atoms with Gasteiger partial charge in [0.25, 0.3) is 0 Å². The molecule has 4 heteroatoms. The second kappa shape index (κ2) is 6.81. The number of nitrogens with one attached hydrogen (secondary N) is 1. The third-order valence-electron chi connectivity index (χ3n) is 2.26. The summed E-state index contributed by atoms with van der Waals surface area (Å²) in [7, 11) is 0. The highest BCUT2D eigenvalue weighted by molar-refractivity contribution is 5.96. The maximum absolute atomic E-state index is 11.8. The van der Waals surface area contributed by atoms with Crippen LogP contribution in [0, 0.1) is 0 Å². The quantitative estimate of drug-likeness (QED) is 0.759. The molecule has 1 aromatic rings. The highest BCUT2D eigenvalue weighted by Crippen LogP contribution is 2.24. The van der Waals surface area contributed by atoms with Crippen molar-refractivity contribution in [3.05, 3.63) is 36.9 Å². The Morgan fingerprint density at radius 1 is 1.50 bits per heavy atom. The number of rotatable bonds is 6. The van der Waals surface area contributed by atoms with E-state index >= 15 is 0 Å². The van der Waals surface area contributed by atoms with E-state index in [1.54, 1.807) is 12.1 Å². The Bertz CT molecular complexity index is 416. The number of amides is 1. The van der Waals surface area contributed by atoms with Crippen LogP contribution in [0.1, 0.15) is 20.3 Å². The van der Waals surface area contributed by atoms with Crippen LogP contribution in [0.5, 0.6) is 5.75 Å². The number of anilines is 1. The summed E-state index contributed by atoms with van der Waals surface area (Å²) in [5, 5.41) is 2.76. The Morgan fingerprint density at radius 3 is 2.78 bits per heavy atom. The van der Waals surface area contributed by atoms with Gasteiger partial charge in [-0.3, -0.25) is 4.79 Å². The van der Waals surface area contributed by atoms with Gasteiger partial charge in [0.15, 0.2) is 0 Å². The van der Waals surface area contributed by atoms with Crippen molar-refractivity contribution in [1.82, 2.24) is 0 Å².